The first-order valence-corrected chi connectivity index (χ1v) is 32.7. The molecule has 0 N–H and O–H groups in total. The van der Waals surface area contributed by atoms with Gasteiger partial charge in [-0.15, -0.1) is 0 Å². The van der Waals surface area contributed by atoms with Gasteiger partial charge in [-0.05, 0) is 102 Å². The van der Waals surface area contributed by atoms with Gasteiger partial charge in [0.25, 0.3) is 0 Å². The van der Waals surface area contributed by atoms with E-state index in [0.717, 1.165) is 59.3 Å². The van der Waals surface area contributed by atoms with Gasteiger partial charge in [0.15, 0.2) is 22.4 Å². The van der Waals surface area contributed by atoms with Crippen molar-refractivity contribution in [3.63, 3.8) is 0 Å². The van der Waals surface area contributed by atoms with Gasteiger partial charge in [-0.1, -0.05) is 269 Å². The van der Waals surface area contributed by atoms with Crippen LogP contribution in [0.5, 0.6) is 0 Å². The van der Waals surface area contributed by atoms with Crippen LogP contribution in [-0.4, -0.2) is 12.6 Å². The van der Waals surface area contributed by atoms with Crippen molar-refractivity contribution in [2.24, 2.45) is 0 Å². The molecule has 1 aromatic heterocycles. The van der Waals surface area contributed by atoms with Crippen LogP contribution in [0.3, 0.4) is 0 Å². The summed E-state index contributed by atoms with van der Waals surface area (Å²) in [6.45, 7) is 20.6. The molecule has 0 atom stereocenters. The van der Waals surface area contributed by atoms with E-state index in [2.05, 4.69) is 200 Å². The molecule has 0 aliphatic heterocycles. The molecule has 388 valence electrons. The monoisotopic (exact) mass is 1070 g/mol. The van der Waals surface area contributed by atoms with Crippen molar-refractivity contribution in [2.45, 2.75) is 78.6 Å². The van der Waals surface area contributed by atoms with Gasteiger partial charge in [0.05, 0.1) is 11.0 Å². The van der Waals surface area contributed by atoms with Crippen molar-refractivity contribution in [2.75, 3.05) is 0 Å². The van der Waals surface area contributed by atoms with E-state index in [1.165, 1.54) is 37.4 Å². The molecular formula is C72H69NO2P2Si. The molecule has 3 nitrogen and oxygen atoms in total. The smallest absolute Gasteiger partial charge is 0.179 e. The summed E-state index contributed by atoms with van der Waals surface area (Å²) in [5, 5.41) is 12.0. The highest BCUT2D eigenvalue weighted by Crippen LogP contribution is 2.45. The van der Waals surface area contributed by atoms with Gasteiger partial charge in [0, 0.05) is 48.3 Å². The van der Waals surface area contributed by atoms with Crippen LogP contribution in [0.4, 0.5) is 0 Å². The van der Waals surface area contributed by atoms with Gasteiger partial charge >= 0.3 is 0 Å². The molecule has 0 unspecified atom stereocenters. The number of fused-ring (bicyclic) bond motifs is 3. The highest BCUT2D eigenvalue weighted by molar-refractivity contribution is 7.85. The summed E-state index contributed by atoms with van der Waals surface area (Å²) in [7, 11) is -9.78. The third-order valence-electron chi connectivity index (χ3n) is 16.0. The first-order valence-electron chi connectivity index (χ1n) is 27.3. The van der Waals surface area contributed by atoms with E-state index >= 15 is 9.13 Å². The van der Waals surface area contributed by atoms with Gasteiger partial charge in [0.2, 0.25) is 0 Å². The molecule has 0 fully saturated rings. The molecule has 0 spiro atoms. The molecule has 0 aliphatic rings. The molecule has 0 amide bonds. The highest BCUT2D eigenvalue weighted by atomic mass is 31.2. The molecule has 0 aliphatic carbocycles. The van der Waals surface area contributed by atoms with E-state index in [1.807, 2.05) is 121 Å². The summed E-state index contributed by atoms with van der Waals surface area (Å²) in [5.41, 5.74) is 6.76. The first kappa shape index (κ1) is 52.7. The van der Waals surface area contributed by atoms with Crippen LogP contribution in [-0.2, 0) is 25.4 Å². The van der Waals surface area contributed by atoms with Gasteiger partial charge in [-0.3, -0.25) is 0 Å². The lowest BCUT2D eigenvalue weighted by Crippen LogP contribution is -2.74. The summed E-state index contributed by atoms with van der Waals surface area (Å²) < 4.78 is 34.3. The number of nitrogens with zero attached hydrogens (tertiary/aromatic N) is 1. The number of aromatic nitrogens is 1. The van der Waals surface area contributed by atoms with Crippen molar-refractivity contribution < 1.29 is 9.13 Å². The largest absolute Gasteiger partial charge is 0.309 e. The Kier molecular flexibility index (Phi) is 13.6. The third-order valence-corrected chi connectivity index (χ3v) is 27.0. The van der Waals surface area contributed by atoms with Crippen LogP contribution in [0.2, 0.25) is 0 Å². The molecule has 11 rings (SSSR count). The number of rotatable bonds is 11. The minimum absolute atomic E-state index is 0.0267. The van der Waals surface area contributed by atoms with E-state index < -0.39 is 22.4 Å². The van der Waals surface area contributed by atoms with Crippen LogP contribution in [0.25, 0.3) is 27.5 Å². The fourth-order valence-corrected chi connectivity index (χ4v) is 21.7. The molecule has 11 aromatic rings. The zero-order chi connectivity index (χ0) is 54.7. The van der Waals surface area contributed by atoms with Crippen LogP contribution in [0.1, 0.15) is 79.0 Å². The highest BCUT2D eigenvalue weighted by Gasteiger charge is 2.43. The molecule has 78 heavy (non-hydrogen) atoms. The van der Waals surface area contributed by atoms with Crippen molar-refractivity contribution in [1.82, 2.24) is 4.57 Å². The lowest BCUT2D eigenvalue weighted by atomic mass is 9.87. The van der Waals surface area contributed by atoms with Crippen LogP contribution >= 0.6 is 14.3 Å². The Hall–Kier alpha value is -7.32. The fraction of sp³-hybridized carbons (Fsp3) is 0.167. The zero-order valence-corrected chi connectivity index (χ0v) is 49.2. The molecule has 6 heteroatoms. The lowest BCUT2D eigenvalue weighted by molar-refractivity contribution is 0.590. The molecule has 0 radical (unpaired) electrons. The van der Waals surface area contributed by atoms with Gasteiger partial charge in [-0.2, -0.15) is 0 Å². The van der Waals surface area contributed by atoms with Crippen LogP contribution in [0, 0.1) is 0 Å². The van der Waals surface area contributed by atoms with Crippen LogP contribution < -0.4 is 52.6 Å². The minimum atomic E-state index is -3.38. The van der Waals surface area contributed by atoms with Crippen LogP contribution in [0.15, 0.2) is 255 Å². The summed E-state index contributed by atoms with van der Waals surface area (Å²) in [6.07, 6.45) is 0. The van der Waals surface area contributed by atoms with Crippen molar-refractivity contribution in [3.05, 3.63) is 271 Å². The maximum Gasteiger partial charge on any atom is 0.179 e. The molecule has 1 heterocycles. The quantitative estimate of drug-likeness (QED) is 0.0736. The van der Waals surface area contributed by atoms with Gasteiger partial charge < -0.3 is 13.7 Å². The average Bonchev–Trinajstić information content (AvgIpc) is 3.77. The first-order chi connectivity index (χ1) is 37.3. The summed E-state index contributed by atoms with van der Waals surface area (Å²) in [5.74, 6) is 0. The Bertz CT molecular complexity index is 3790. The second kappa shape index (κ2) is 20.2. The molecular weight excluding hydrogens is 1000 g/mol. The van der Waals surface area contributed by atoms with E-state index in [0.29, 0.717) is 0 Å². The lowest BCUT2D eigenvalue weighted by Gasteiger charge is -2.36. The summed E-state index contributed by atoms with van der Waals surface area (Å²) in [6, 6.07) is 90.2. The number of benzene rings is 10. The van der Waals surface area contributed by atoms with Crippen molar-refractivity contribution in [1.29, 1.82) is 0 Å². The van der Waals surface area contributed by atoms with E-state index in [1.54, 1.807) is 0 Å². The normalized spacial score (nSPS) is 12.8. The topological polar surface area (TPSA) is 39.1 Å². The number of hydrogen-bond donors (Lipinski definition) is 0. The molecule has 0 saturated carbocycles. The average molecular weight is 1070 g/mol. The third kappa shape index (κ3) is 9.22. The maximum absolute atomic E-state index is 16.3. The fourth-order valence-electron chi connectivity index (χ4n) is 11.6. The maximum atomic E-state index is 16.3. The minimum Gasteiger partial charge on any atom is -0.309 e. The summed E-state index contributed by atoms with van der Waals surface area (Å²) in [4.78, 5) is 0. The van der Waals surface area contributed by atoms with Crippen molar-refractivity contribution in [3.8, 4) is 5.69 Å². The molecule has 0 saturated heterocycles. The Labute approximate surface area is 463 Å². The standard InChI is InChI=1S/C72H69NO2P2Si/c1-70(2,3)52-30-41-62(42-31-52)78(63-43-32-53(33-44-63)71(4,5)6,64-45-34-54(35-46-64)72(7,8)9)65-47-49-69-67(51-65)66-50-61(77(75,58-26-18-12-19-27-58)59-28-20-13-21-29-59)40-48-68(66)73(69)55-36-38-60(39-37-55)76(74,56-22-14-10-15-23-56)57-24-16-11-17-25-57/h10-51H,1-9H3. The van der Waals surface area contributed by atoms with Gasteiger partial charge in [-0.25, -0.2) is 0 Å². The van der Waals surface area contributed by atoms with Crippen molar-refractivity contribution >= 4 is 96.7 Å². The zero-order valence-electron chi connectivity index (χ0n) is 46.4. The molecule has 10 aromatic carbocycles. The van der Waals surface area contributed by atoms with E-state index in [4.69, 9.17) is 0 Å². The van der Waals surface area contributed by atoms with E-state index in [9.17, 15) is 0 Å². The number of hydrogen-bond acceptors (Lipinski definition) is 2. The van der Waals surface area contributed by atoms with Gasteiger partial charge in [0.1, 0.15) is 0 Å². The Balaban J connectivity index is 1.22. The second-order valence-corrected chi connectivity index (χ2v) is 33.4. The Morgan fingerprint density at radius 1 is 0.295 bits per heavy atom. The van der Waals surface area contributed by atoms with E-state index in [-0.39, 0.29) is 16.2 Å². The molecule has 0 bridgehead atoms. The summed E-state index contributed by atoms with van der Waals surface area (Å²) >= 11 is 0. The predicted molar refractivity (Wildman–Crippen MR) is 339 cm³/mol. The second-order valence-electron chi connectivity index (χ2n) is 24.1. The predicted octanol–water partition coefficient (Wildman–Crippen LogP) is 13.3. The SMILES string of the molecule is CC(C)(C)c1ccc([Si](c2ccc(C(C)(C)C)cc2)(c2ccc(C(C)(C)C)cc2)c2ccc3c(c2)c2cc(P(=O)(c4ccccc4)c4ccccc4)ccc2n3-c2ccc(P(=O)(c3ccccc3)c3ccccc3)cc2)cc1. The Morgan fingerprint density at radius 2 is 0.577 bits per heavy atom. The Morgan fingerprint density at radius 3 is 0.923 bits per heavy atom.